The van der Waals surface area contributed by atoms with Gasteiger partial charge in [-0.2, -0.15) is 0 Å². The van der Waals surface area contributed by atoms with Crippen molar-refractivity contribution < 1.29 is 0 Å². The monoisotopic (exact) mass is 341 g/mol. The summed E-state index contributed by atoms with van der Waals surface area (Å²) < 4.78 is 0. The van der Waals surface area contributed by atoms with Crippen molar-refractivity contribution in [2.24, 2.45) is 0 Å². The number of benzene rings is 1. The van der Waals surface area contributed by atoms with Crippen LogP contribution in [0.25, 0.3) is 6.08 Å². The fourth-order valence-electron chi connectivity index (χ4n) is 3.73. The number of nitrogens with zero attached hydrogens (tertiary/aromatic N) is 1. The summed E-state index contributed by atoms with van der Waals surface area (Å²) in [5.41, 5.74) is 4.35. The number of anilines is 1. The lowest BCUT2D eigenvalue weighted by Gasteiger charge is -2.39. The molecule has 1 aliphatic heterocycles. The number of aryl methyl sites for hydroxylation is 1. The second-order valence-corrected chi connectivity index (χ2v) is 8.37. The third kappa shape index (κ3) is 6.20. The molecule has 1 aliphatic rings. The van der Waals surface area contributed by atoms with Crippen LogP contribution in [0.2, 0.25) is 0 Å². The maximum absolute atomic E-state index is 2.39. The van der Waals surface area contributed by atoms with E-state index < -0.39 is 0 Å². The highest BCUT2D eigenvalue weighted by Crippen LogP contribution is 2.33. The molecule has 0 radical (unpaired) electrons. The molecule has 0 atom stereocenters. The van der Waals surface area contributed by atoms with Gasteiger partial charge in [0.1, 0.15) is 0 Å². The largest absolute Gasteiger partial charge is 0.366 e. The molecule has 0 saturated heterocycles. The summed E-state index contributed by atoms with van der Waals surface area (Å²) in [6.07, 6.45) is 20.0. The Kier molecular flexibility index (Phi) is 8.06. The number of fused-ring (bicyclic) bond motifs is 1. The average Bonchev–Trinajstić information content (AvgIpc) is 2.60. The van der Waals surface area contributed by atoms with Crippen molar-refractivity contribution in [2.75, 3.05) is 11.9 Å². The Morgan fingerprint density at radius 3 is 2.08 bits per heavy atom. The van der Waals surface area contributed by atoms with Crippen LogP contribution in [0.5, 0.6) is 0 Å². The average molecular weight is 342 g/mol. The van der Waals surface area contributed by atoms with Gasteiger partial charge in [-0.1, -0.05) is 82.9 Å². The van der Waals surface area contributed by atoms with Gasteiger partial charge in [0.05, 0.1) is 5.54 Å². The highest BCUT2D eigenvalue weighted by atomic mass is 15.2. The van der Waals surface area contributed by atoms with Gasteiger partial charge in [-0.05, 0) is 49.9 Å². The zero-order chi connectivity index (χ0) is 18.1. The summed E-state index contributed by atoms with van der Waals surface area (Å²) >= 11 is 0. The fraction of sp³-hybridized carbons (Fsp3) is 0.667. The van der Waals surface area contributed by atoms with E-state index in [0.29, 0.717) is 0 Å². The number of hydrogen-bond acceptors (Lipinski definition) is 1. The molecule has 0 bridgehead atoms. The molecule has 0 amide bonds. The highest BCUT2D eigenvalue weighted by Gasteiger charge is 2.25. The van der Waals surface area contributed by atoms with E-state index >= 15 is 0 Å². The summed E-state index contributed by atoms with van der Waals surface area (Å²) in [5, 5.41) is 0. The molecule has 0 aliphatic carbocycles. The minimum Gasteiger partial charge on any atom is -0.366 e. The van der Waals surface area contributed by atoms with Crippen LogP contribution in [0.1, 0.15) is 96.1 Å². The van der Waals surface area contributed by atoms with E-state index in [1.54, 1.807) is 0 Å². The van der Waals surface area contributed by atoms with Gasteiger partial charge >= 0.3 is 0 Å². The van der Waals surface area contributed by atoms with Gasteiger partial charge in [-0.3, -0.25) is 0 Å². The topological polar surface area (TPSA) is 3.24 Å². The predicted molar refractivity (Wildman–Crippen MR) is 114 cm³/mol. The van der Waals surface area contributed by atoms with Crippen molar-refractivity contribution in [3.05, 3.63) is 35.4 Å². The van der Waals surface area contributed by atoms with E-state index in [4.69, 9.17) is 0 Å². The van der Waals surface area contributed by atoms with Crippen LogP contribution in [-0.4, -0.2) is 12.6 Å². The normalized spacial score (nSPS) is 15.4. The van der Waals surface area contributed by atoms with Crippen LogP contribution < -0.4 is 4.90 Å². The fourth-order valence-corrected chi connectivity index (χ4v) is 3.73. The molecule has 140 valence electrons. The van der Waals surface area contributed by atoms with Crippen LogP contribution in [-0.2, 0) is 6.42 Å². The van der Waals surface area contributed by atoms with Crippen molar-refractivity contribution in [1.82, 2.24) is 0 Å². The summed E-state index contributed by atoms with van der Waals surface area (Å²) in [6, 6.07) is 7.04. The molecule has 0 fully saturated rings. The van der Waals surface area contributed by atoms with Gasteiger partial charge in [0.15, 0.2) is 0 Å². The maximum atomic E-state index is 2.39. The molecule has 0 unspecified atom stereocenters. The first-order valence-electron chi connectivity index (χ1n) is 10.6. The molecule has 1 heteroatoms. The molecule has 0 N–H and O–H groups in total. The van der Waals surface area contributed by atoms with Gasteiger partial charge < -0.3 is 4.90 Å². The zero-order valence-corrected chi connectivity index (χ0v) is 17.1. The van der Waals surface area contributed by atoms with E-state index in [0.717, 1.165) is 0 Å². The van der Waals surface area contributed by atoms with Crippen molar-refractivity contribution in [3.63, 3.8) is 0 Å². The number of hydrogen-bond donors (Lipinski definition) is 0. The Morgan fingerprint density at radius 1 is 0.840 bits per heavy atom. The second kappa shape index (κ2) is 10.0. The number of rotatable bonds is 11. The molecule has 0 aromatic heterocycles. The minimum absolute atomic E-state index is 0.116. The van der Waals surface area contributed by atoms with E-state index in [2.05, 4.69) is 63.1 Å². The van der Waals surface area contributed by atoms with Gasteiger partial charge in [0, 0.05) is 12.7 Å². The van der Waals surface area contributed by atoms with Gasteiger partial charge in [0.2, 0.25) is 0 Å². The Balaban J connectivity index is 1.64. The molecule has 0 spiro atoms. The van der Waals surface area contributed by atoms with Crippen molar-refractivity contribution >= 4 is 11.8 Å². The van der Waals surface area contributed by atoms with Crippen molar-refractivity contribution in [1.29, 1.82) is 0 Å². The van der Waals surface area contributed by atoms with Crippen molar-refractivity contribution in [2.45, 2.75) is 96.9 Å². The lowest BCUT2D eigenvalue weighted by Crippen LogP contribution is -2.41. The smallest absolute Gasteiger partial charge is 0.0528 e. The Bertz CT molecular complexity index is 541. The van der Waals surface area contributed by atoms with Crippen LogP contribution in [0, 0.1) is 0 Å². The van der Waals surface area contributed by atoms with E-state index in [1.807, 2.05) is 0 Å². The lowest BCUT2D eigenvalue weighted by atomic mass is 9.92. The van der Waals surface area contributed by atoms with Gasteiger partial charge in [-0.25, -0.2) is 0 Å². The Labute approximate surface area is 156 Å². The quantitative estimate of drug-likeness (QED) is 0.379. The van der Waals surface area contributed by atoms with Crippen LogP contribution in [0.15, 0.2) is 24.3 Å². The molecule has 1 aromatic rings. The molecule has 2 rings (SSSR count). The summed E-state index contributed by atoms with van der Waals surface area (Å²) in [4.78, 5) is 2.38. The van der Waals surface area contributed by atoms with Crippen LogP contribution >= 0.6 is 0 Å². The molecular formula is C24H39N. The molecule has 25 heavy (non-hydrogen) atoms. The standard InChI is InChI=1S/C24H39N/c1-5-6-7-8-9-10-11-12-13-14-15-21-16-17-23-22(20-21)18-19-24(2,3)25(23)4/h16-20H,5-15H2,1-4H3. The maximum Gasteiger partial charge on any atom is 0.0528 e. The lowest BCUT2D eigenvalue weighted by molar-refractivity contribution is 0.556. The third-order valence-corrected chi connectivity index (χ3v) is 5.81. The second-order valence-electron chi connectivity index (χ2n) is 8.37. The predicted octanol–water partition coefficient (Wildman–Crippen LogP) is 7.39. The minimum atomic E-state index is 0.116. The molecule has 1 nitrogen and oxygen atoms in total. The van der Waals surface area contributed by atoms with Crippen LogP contribution in [0.4, 0.5) is 5.69 Å². The van der Waals surface area contributed by atoms with Gasteiger partial charge in [0.25, 0.3) is 0 Å². The highest BCUT2D eigenvalue weighted by molar-refractivity contribution is 5.73. The molecule has 1 aromatic carbocycles. The van der Waals surface area contributed by atoms with E-state index in [1.165, 1.54) is 87.4 Å². The first kappa shape index (κ1) is 20.1. The SMILES string of the molecule is CCCCCCCCCCCCc1ccc2c(c1)C=CC(C)(C)N2C. The summed E-state index contributed by atoms with van der Waals surface area (Å²) in [6.45, 7) is 6.83. The van der Waals surface area contributed by atoms with Gasteiger partial charge in [-0.15, -0.1) is 0 Å². The molecular weight excluding hydrogens is 302 g/mol. The Morgan fingerprint density at radius 2 is 1.44 bits per heavy atom. The summed E-state index contributed by atoms with van der Waals surface area (Å²) in [5.74, 6) is 0. The number of unbranched alkanes of at least 4 members (excludes halogenated alkanes) is 9. The van der Waals surface area contributed by atoms with Crippen LogP contribution in [0.3, 0.4) is 0 Å². The zero-order valence-electron chi connectivity index (χ0n) is 17.1. The van der Waals surface area contributed by atoms with E-state index in [9.17, 15) is 0 Å². The first-order chi connectivity index (χ1) is 12.0. The van der Waals surface area contributed by atoms with E-state index in [-0.39, 0.29) is 5.54 Å². The third-order valence-electron chi connectivity index (χ3n) is 5.81. The number of likely N-dealkylation sites (N-methyl/N-ethyl adjacent to an activating group) is 1. The summed E-state index contributed by atoms with van der Waals surface area (Å²) in [7, 11) is 2.20. The van der Waals surface area contributed by atoms with Crippen molar-refractivity contribution in [3.8, 4) is 0 Å². The first-order valence-corrected chi connectivity index (χ1v) is 10.6. The Hall–Kier alpha value is -1.24. The molecule has 0 saturated carbocycles. The molecule has 1 heterocycles.